The molecule has 2 aromatic rings. The first-order valence-electron chi connectivity index (χ1n) is 9.21. The van der Waals surface area contributed by atoms with E-state index in [1.54, 1.807) is 17.8 Å². The van der Waals surface area contributed by atoms with Crippen molar-refractivity contribution in [3.05, 3.63) is 58.1 Å². The third-order valence-electron chi connectivity index (χ3n) is 4.03. The monoisotopic (exact) mass is 454 g/mol. The van der Waals surface area contributed by atoms with Crippen molar-refractivity contribution in [1.29, 1.82) is 0 Å². The van der Waals surface area contributed by atoms with Crippen LogP contribution in [0.1, 0.15) is 42.3 Å². The molecule has 2 rings (SSSR count). The standard InChI is InChI=1S/C21H27ClN2O3S2/c1-14-6-9-18(15(2)12-14)24-29(26,27)19-13-16(7-8-17(19)22)20(25)23-10-11-28-21(3,4)5/h6-9,12-13,24H,10-11H2,1-5H3,(H,23,25). The highest BCUT2D eigenvalue weighted by Gasteiger charge is 2.21. The molecule has 0 aliphatic rings. The fourth-order valence-electron chi connectivity index (χ4n) is 2.60. The van der Waals surface area contributed by atoms with Gasteiger partial charge in [0.25, 0.3) is 15.9 Å². The number of nitrogens with one attached hydrogen (secondary N) is 2. The number of carbonyl (C=O) groups excluding carboxylic acids is 1. The largest absolute Gasteiger partial charge is 0.351 e. The smallest absolute Gasteiger partial charge is 0.263 e. The van der Waals surface area contributed by atoms with E-state index in [9.17, 15) is 13.2 Å². The average molecular weight is 455 g/mol. The topological polar surface area (TPSA) is 75.3 Å². The summed E-state index contributed by atoms with van der Waals surface area (Å²) < 4.78 is 28.4. The summed E-state index contributed by atoms with van der Waals surface area (Å²) in [5, 5.41) is 2.87. The molecule has 5 nitrogen and oxygen atoms in total. The molecule has 29 heavy (non-hydrogen) atoms. The lowest BCUT2D eigenvalue weighted by atomic mass is 10.1. The van der Waals surface area contributed by atoms with Gasteiger partial charge < -0.3 is 5.32 Å². The number of hydrogen-bond acceptors (Lipinski definition) is 4. The number of thioether (sulfide) groups is 1. The van der Waals surface area contributed by atoms with Crippen LogP contribution in [0.15, 0.2) is 41.3 Å². The van der Waals surface area contributed by atoms with E-state index in [0.29, 0.717) is 12.2 Å². The van der Waals surface area contributed by atoms with Crippen LogP contribution in [0.5, 0.6) is 0 Å². The van der Waals surface area contributed by atoms with Crippen molar-refractivity contribution in [3.63, 3.8) is 0 Å². The first-order chi connectivity index (χ1) is 13.4. The van der Waals surface area contributed by atoms with Crippen LogP contribution >= 0.6 is 23.4 Å². The first-order valence-corrected chi connectivity index (χ1v) is 12.1. The van der Waals surface area contributed by atoms with E-state index in [-0.39, 0.29) is 26.1 Å². The summed E-state index contributed by atoms with van der Waals surface area (Å²) in [4.78, 5) is 12.3. The Labute approximate surface area is 182 Å². The Bertz CT molecular complexity index is 999. The molecule has 0 bridgehead atoms. The predicted octanol–water partition coefficient (Wildman–Crippen LogP) is 5.02. The average Bonchev–Trinajstić information content (AvgIpc) is 2.60. The first kappa shape index (κ1) is 23.6. The fourth-order valence-corrected chi connectivity index (χ4v) is 5.08. The molecular weight excluding hydrogens is 428 g/mol. The summed E-state index contributed by atoms with van der Waals surface area (Å²) in [6, 6.07) is 9.67. The summed E-state index contributed by atoms with van der Waals surface area (Å²) in [6.45, 7) is 10.6. The summed E-state index contributed by atoms with van der Waals surface area (Å²) in [6.07, 6.45) is 0. The van der Waals surface area contributed by atoms with Crippen molar-refractivity contribution < 1.29 is 13.2 Å². The van der Waals surface area contributed by atoms with E-state index < -0.39 is 10.0 Å². The van der Waals surface area contributed by atoms with Gasteiger partial charge in [-0.25, -0.2) is 8.42 Å². The van der Waals surface area contributed by atoms with Crippen LogP contribution < -0.4 is 10.0 Å². The van der Waals surface area contributed by atoms with Gasteiger partial charge in [0.15, 0.2) is 0 Å². The summed E-state index contributed by atoms with van der Waals surface area (Å²) >= 11 is 7.88. The lowest BCUT2D eigenvalue weighted by molar-refractivity contribution is 0.0956. The van der Waals surface area contributed by atoms with Gasteiger partial charge in [0.2, 0.25) is 0 Å². The quantitative estimate of drug-likeness (QED) is 0.576. The summed E-state index contributed by atoms with van der Waals surface area (Å²) in [5.74, 6) is 0.432. The fraction of sp³-hybridized carbons (Fsp3) is 0.381. The Kier molecular flexibility index (Phi) is 7.65. The molecule has 0 heterocycles. The predicted molar refractivity (Wildman–Crippen MR) is 123 cm³/mol. The van der Waals surface area contributed by atoms with Crippen molar-refractivity contribution in [3.8, 4) is 0 Å². The van der Waals surface area contributed by atoms with Gasteiger partial charge in [-0.1, -0.05) is 50.1 Å². The zero-order valence-electron chi connectivity index (χ0n) is 17.3. The van der Waals surface area contributed by atoms with Crippen LogP contribution in [0.4, 0.5) is 5.69 Å². The number of benzene rings is 2. The normalized spacial score (nSPS) is 11.9. The van der Waals surface area contributed by atoms with Gasteiger partial charge in [0.1, 0.15) is 4.90 Å². The third kappa shape index (κ3) is 6.94. The molecule has 8 heteroatoms. The molecule has 0 saturated heterocycles. The molecule has 2 aromatic carbocycles. The van der Waals surface area contributed by atoms with Crippen molar-refractivity contribution in [2.45, 2.75) is 44.3 Å². The number of aryl methyl sites for hydroxylation is 2. The lowest BCUT2D eigenvalue weighted by Crippen LogP contribution is -2.27. The highest BCUT2D eigenvalue weighted by atomic mass is 35.5. The molecule has 0 fully saturated rings. The van der Waals surface area contributed by atoms with E-state index in [0.717, 1.165) is 16.9 Å². The second-order valence-electron chi connectivity index (χ2n) is 7.79. The van der Waals surface area contributed by atoms with Crippen LogP contribution in [0.3, 0.4) is 0 Å². The molecule has 0 aromatic heterocycles. The number of rotatable bonds is 7. The number of carbonyl (C=O) groups is 1. The second-order valence-corrected chi connectivity index (χ2v) is 11.8. The molecule has 0 atom stereocenters. The Morgan fingerprint density at radius 3 is 2.41 bits per heavy atom. The van der Waals surface area contributed by atoms with Crippen LogP contribution in [0, 0.1) is 13.8 Å². The van der Waals surface area contributed by atoms with E-state index in [2.05, 4.69) is 30.8 Å². The minimum absolute atomic E-state index is 0.0575. The zero-order valence-corrected chi connectivity index (χ0v) is 19.7. The maximum Gasteiger partial charge on any atom is 0.263 e. The van der Waals surface area contributed by atoms with Gasteiger partial charge in [-0.15, -0.1) is 0 Å². The molecule has 2 N–H and O–H groups in total. The molecule has 158 valence electrons. The molecule has 0 spiro atoms. The number of hydrogen-bond donors (Lipinski definition) is 2. The molecule has 1 amide bonds. The molecule has 0 saturated carbocycles. The van der Waals surface area contributed by atoms with Gasteiger partial charge >= 0.3 is 0 Å². The third-order valence-corrected chi connectivity index (χ3v) is 7.15. The summed E-state index contributed by atoms with van der Waals surface area (Å²) in [7, 11) is -3.95. The van der Waals surface area contributed by atoms with Crippen molar-refractivity contribution in [2.75, 3.05) is 17.0 Å². The van der Waals surface area contributed by atoms with Crippen LogP contribution in [-0.4, -0.2) is 31.4 Å². The van der Waals surface area contributed by atoms with Gasteiger partial charge in [0.05, 0.1) is 10.7 Å². The minimum atomic E-state index is -3.95. The summed E-state index contributed by atoms with van der Waals surface area (Å²) in [5.41, 5.74) is 2.55. The van der Waals surface area contributed by atoms with Gasteiger partial charge in [-0.3, -0.25) is 9.52 Å². The highest BCUT2D eigenvalue weighted by molar-refractivity contribution is 8.00. The number of amides is 1. The van der Waals surface area contributed by atoms with Gasteiger partial charge in [-0.2, -0.15) is 11.8 Å². The second kappa shape index (κ2) is 9.41. The van der Waals surface area contributed by atoms with E-state index in [1.165, 1.54) is 18.2 Å². The van der Waals surface area contributed by atoms with E-state index in [4.69, 9.17) is 11.6 Å². The lowest BCUT2D eigenvalue weighted by Gasteiger charge is -2.17. The van der Waals surface area contributed by atoms with Crippen molar-refractivity contribution in [2.24, 2.45) is 0 Å². The van der Waals surface area contributed by atoms with E-state index in [1.807, 2.05) is 26.0 Å². The molecule has 0 aliphatic carbocycles. The number of halogens is 1. The molecule has 0 radical (unpaired) electrons. The van der Waals surface area contributed by atoms with E-state index >= 15 is 0 Å². The van der Waals surface area contributed by atoms with Crippen LogP contribution in [0.25, 0.3) is 0 Å². The Balaban J connectivity index is 2.17. The van der Waals surface area contributed by atoms with Crippen LogP contribution in [-0.2, 0) is 10.0 Å². The maximum absolute atomic E-state index is 12.9. The Hall–Kier alpha value is -1.70. The maximum atomic E-state index is 12.9. The Morgan fingerprint density at radius 2 is 1.79 bits per heavy atom. The number of sulfonamides is 1. The van der Waals surface area contributed by atoms with Crippen molar-refractivity contribution in [1.82, 2.24) is 5.32 Å². The highest BCUT2D eigenvalue weighted by Crippen LogP contribution is 2.27. The van der Waals surface area contributed by atoms with Crippen molar-refractivity contribution >= 4 is 45.0 Å². The molecular formula is C21H27ClN2O3S2. The molecule has 0 aliphatic heterocycles. The van der Waals surface area contributed by atoms with Gasteiger partial charge in [0, 0.05) is 22.6 Å². The SMILES string of the molecule is Cc1ccc(NS(=O)(=O)c2cc(C(=O)NCCSC(C)(C)C)ccc2Cl)c(C)c1. The number of anilines is 1. The van der Waals surface area contributed by atoms with Crippen LogP contribution in [0.2, 0.25) is 5.02 Å². The Morgan fingerprint density at radius 1 is 1.10 bits per heavy atom. The zero-order chi connectivity index (χ0) is 21.8. The minimum Gasteiger partial charge on any atom is -0.351 e. The molecule has 0 unspecified atom stereocenters. The van der Waals surface area contributed by atoms with Gasteiger partial charge in [-0.05, 0) is 43.7 Å².